The molecule has 0 radical (unpaired) electrons. The van der Waals surface area contributed by atoms with Crippen molar-refractivity contribution in [3.63, 3.8) is 0 Å². The number of hydrogen-bond acceptors (Lipinski definition) is 4. The second kappa shape index (κ2) is 9.88. The summed E-state index contributed by atoms with van der Waals surface area (Å²) in [6.45, 7) is 4.89. The number of esters is 1. The molecule has 0 saturated carbocycles. The SMILES string of the molecule is CCOc1cc(C=C2C=C(c3ccc(C)cc3)OC2=O)ccc1OCc1ccc(Br)cc1. The minimum absolute atomic E-state index is 0.367. The van der Waals surface area contributed by atoms with Crippen molar-refractivity contribution >= 4 is 33.7 Å². The molecule has 0 bridgehead atoms. The molecule has 1 aliphatic rings. The monoisotopic (exact) mass is 490 g/mol. The Hall–Kier alpha value is -3.31. The van der Waals surface area contributed by atoms with Crippen molar-refractivity contribution in [3.05, 3.63) is 105 Å². The average molecular weight is 491 g/mol. The van der Waals surface area contributed by atoms with Crippen LogP contribution in [0.5, 0.6) is 11.5 Å². The summed E-state index contributed by atoms with van der Waals surface area (Å²) in [6, 6.07) is 21.5. The standard InChI is InChI=1S/C27H23BrO4/c1-3-30-26-15-20(8-13-24(26)31-17-19-6-11-23(28)12-7-19)14-22-16-25(32-27(22)29)21-9-4-18(2)5-10-21/h4-16H,3,17H2,1-2H3. The smallest absolute Gasteiger partial charge is 0.343 e. The van der Waals surface area contributed by atoms with Gasteiger partial charge in [-0.1, -0.05) is 64.0 Å². The zero-order valence-electron chi connectivity index (χ0n) is 17.9. The van der Waals surface area contributed by atoms with Crippen LogP contribution >= 0.6 is 15.9 Å². The average Bonchev–Trinajstić information content (AvgIpc) is 3.15. The topological polar surface area (TPSA) is 44.8 Å². The van der Waals surface area contributed by atoms with Gasteiger partial charge in [-0.3, -0.25) is 0 Å². The normalized spacial score (nSPS) is 14.3. The van der Waals surface area contributed by atoms with Crippen molar-refractivity contribution < 1.29 is 19.0 Å². The van der Waals surface area contributed by atoms with E-state index in [2.05, 4.69) is 15.9 Å². The quantitative estimate of drug-likeness (QED) is 0.272. The highest BCUT2D eigenvalue weighted by atomic mass is 79.9. The van der Waals surface area contributed by atoms with E-state index < -0.39 is 0 Å². The summed E-state index contributed by atoms with van der Waals surface area (Å²) in [5.41, 5.74) is 4.41. The van der Waals surface area contributed by atoms with Crippen LogP contribution in [0.1, 0.15) is 29.2 Å². The van der Waals surface area contributed by atoms with E-state index in [-0.39, 0.29) is 5.97 Å². The predicted molar refractivity (Wildman–Crippen MR) is 129 cm³/mol. The third-order valence-corrected chi connectivity index (χ3v) is 5.49. The van der Waals surface area contributed by atoms with Gasteiger partial charge in [0, 0.05) is 10.0 Å². The summed E-state index contributed by atoms with van der Waals surface area (Å²) < 4.78 is 18.3. The maximum Gasteiger partial charge on any atom is 0.343 e. The van der Waals surface area contributed by atoms with E-state index >= 15 is 0 Å². The maximum atomic E-state index is 12.4. The van der Waals surface area contributed by atoms with Crippen molar-refractivity contribution in [1.82, 2.24) is 0 Å². The Morgan fingerprint density at radius 2 is 1.69 bits per heavy atom. The zero-order chi connectivity index (χ0) is 22.5. The first kappa shape index (κ1) is 21.9. The lowest BCUT2D eigenvalue weighted by atomic mass is 10.1. The highest BCUT2D eigenvalue weighted by Gasteiger charge is 2.22. The van der Waals surface area contributed by atoms with E-state index in [1.807, 2.05) is 80.6 Å². The fourth-order valence-electron chi connectivity index (χ4n) is 3.27. The summed E-state index contributed by atoms with van der Waals surface area (Å²) in [7, 11) is 0. The lowest BCUT2D eigenvalue weighted by Gasteiger charge is -2.13. The molecule has 162 valence electrons. The first-order chi connectivity index (χ1) is 15.5. The number of carbonyl (C=O) groups is 1. The van der Waals surface area contributed by atoms with Gasteiger partial charge < -0.3 is 14.2 Å². The molecule has 1 aliphatic heterocycles. The van der Waals surface area contributed by atoms with Crippen LogP contribution in [-0.4, -0.2) is 12.6 Å². The molecule has 4 rings (SSSR count). The number of benzene rings is 3. The Morgan fingerprint density at radius 1 is 0.938 bits per heavy atom. The molecule has 5 heteroatoms. The summed E-state index contributed by atoms with van der Waals surface area (Å²) in [4.78, 5) is 12.4. The Morgan fingerprint density at radius 3 is 2.41 bits per heavy atom. The van der Waals surface area contributed by atoms with Gasteiger partial charge in [0.05, 0.1) is 12.2 Å². The molecule has 3 aromatic rings. The van der Waals surface area contributed by atoms with Crippen LogP contribution in [-0.2, 0) is 16.1 Å². The number of rotatable bonds is 7. The van der Waals surface area contributed by atoms with Crippen LogP contribution in [0.3, 0.4) is 0 Å². The van der Waals surface area contributed by atoms with Crippen molar-refractivity contribution in [2.75, 3.05) is 6.61 Å². The van der Waals surface area contributed by atoms with E-state index in [4.69, 9.17) is 14.2 Å². The van der Waals surface area contributed by atoms with Crippen LogP contribution < -0.4 is 9.47 Å². The molecule has 0 fully saturated rings. The van der Waals surface area contributed by atoms with Crippen LogP contribution in [0.4, 0.5) is 0 Å². The molecule has 0 unspecified atom stereocenters. The van der Waals surface area contributed by atoms with Gasteiger partial charge in [-0.25, -0.2) is 4.79 Å². The third kappa shape index (κ3) is 5.29. The molecule has 0 amide bonds. The molecule has 1 heterocycles. The molecule has 0 aromatic heterocycles. The van der Waals surface area contributed by atoms with Crippen molar-refractivity contribution in [3.8, 4) is 11.5 Å². The van der Waals surface area contributed by atoms with E-state index in [1.54, 1.807) is 12.2 Å². The molecule has 0 aliphatic carbocycles. The molecule has 0 N–H and O–H groups in total. The Balaban J connectivity index is 1.54. The molecular weight excluding hydrogens is 468 g/mol. The van der Waals surface area contributed by atoms with Crippen molar-refractivity contribution in [2.45, 2.75) is 20.5 Å². The van der Waals surface area contributed by atoms with Gasteiger partial charge >= 0.3 is 5.97 Å². The minimum atomic E-state index is -0.367. The summed E-state index contributed by atoms with van der Waals surface area (Å²) >= 11 is 3.44. The Kier molecular flexibility index (Phi) is 6.76. The van der Waals surface area contributed by atoms with Crippen LogP contribution in [0, 0.1) is 6.92 Å². The first-order valence-corrected chi connectivity index (χ1v) is 11.2. The zero-order valence-corrected chi connectivity index (χ0v) is 19.5. The van der Waals surface area contributed by atoms with Gasteiger partial charge in [0.25, 0.3) is 0 Å². The van der Waals surface area contributed by atoms with Gasteiger partial charge in [0.2, 0.25) is 0 Å². The largest absolute Gasteiger partial charge is 0.490 e. The summed E-state index contributed by atoms with van der Waals surface area (Å²) in [5.74, 6) is 1.48. The summed E-state index contributed by atoms with van der Waals surface area (Å²) in [5, 5.41) is 0. The number of halogens is 1. The number of carbonyl (C=O) groups excluding carboxylic acids is 1. The van der Waals surface area contributed by atoms with E-state index in [0.717, 1.165) is 26.7 Å². The molecular formula is C27H23BrO4. The van der Waals surface area contributed by atoms with Gasteiger partial charge in [-0.15, -0.1) is 0 Å². The highest BCUT2D eigenvalue weighted by molar-refractivity contribution is 9.10. The number of ether oxygens (including phenoxy) is 3. The van der Waals surface area contributed by atoms with Crippen LogP contribution in [0.15, 0.2) is 82.9 Å². The van der Waals surface area contributed by atoms with Crippen molar-refractivity contribution in [1.29, 1.82) is 0 Å². The minimum Gasteiger partial charge on any atom is -0.490 e. The van der Waals surface area contributed by atoms with Crippen LogP contribution in [0.2, 0.25) is 0 Å². The second-order valence-electron chi connectivity index (χ2n) is 7.42. The Bertz CT molecular complexity index is 1180. The predicted octanol–water partition coefficient (Wildman–Crippen LogP) is 6.72. The van der Waals surface area contributed by atoms with E-state index in [9.17, 15) is 4.79 Å². The van der Waals surface area contributed by atoms with Crippen LogP contribution in [0.25, 0.3) is 11.8 Å². The molecule has 0 saturated heterocycles. The first-order valence-electron chi connectivity index (χ1n) is 10.4. The lowest BCUT2D eigenvalue weighted by molar-refractivity contribution is -0.130. The van der Waals surface area contributed by atoms with Crippen molar-refractivity contribution in [2.24, 2.45) is 0 Å². The Labute approximate surface area is 196 Å². The number of aryl methyl sites for hydroxylation is 1. The summed E-state index contributed by atoms with van der Waals surface area (Å²) in [6.07, 6.45) is 3.57. The molecule has 0 atom stereocenters. The highest BCUT2D eigenvalue weighted by Crippen LogP contribution is 2.32. The van der Waals surface area contributed by atoms with Gasteiger partial charge in [0.1, 0.15) is 12.4 Å². The lowest BCUT2D eigenvalue weighted by Crippen LogP contribution is -2.00. The fourth-order valence-corrected chi connectivity index (χ4v) is 3.54. The molecule has 3 aromatic carbocycles. The van der Waals surface area contributed by atoms with Gasteiger partial charge in [0.15, 0.2) is 11.5 Å². The number of cyclic esters (lactones) is 1. The maximum absolute atomic E-state index is 12.4. The molecule has 4 nitrogen and oxygen atoms in total. The molecule has 0 spiro atoms. The van der Waals surface area contributed by atoms with E-state index in [0.29, 0.717) is 36.0 Å². The molecule has 32 heavy (non-hydrogen) atoms. The van der Waals surface area contributed by atoms with Gasteiger partial charge in [-0.2, -0.15) is 0 Å². The second-order valence-corrected chi connectivity index (χ2v) is 8.33. The van der Waals surface area contributed by atoms with E-state index in [1.165, 1.54) is 0 Å². The van der Waals surface area contributed by atoms with Gasteiger partial charge in [-0.05, 0) is 61.4 Å². The number of hydrogen-bond donors (Lipinski definition) is 0. The fraction of sp³-hybridized carbons (Fsp3) is 0.148. The third-order valence-electron chi connectivity index (χ3n) is 4.96.